The molecule has 2 heterocycles. The lowest BCUT2D eigenvalue weighted by Crippen LogP contribution is -2.55. The second kappa shape index (κ2) is 7.94. The Labute approximate surface area is 152 Å². The minimum Gasteiger partial charge on any atom is -0.399 e. The molecule has 2 aliphatic heterocycles. The molecule has 5 heteroatoms. The van der Waals surface area contributed by atoms with Gasteiger partial charge in [-0.05, 0) is 38.0 Å². The van der Waals surface area contributed by atoms with Gasteiger partial charge in [-0.1, -0.05) is 6.07 Å². The summed E-state index contributed by atoms with van der Waals surface area (Å²) in [7, 11) is 2.34. The van der Waals surface area contributed by atoms with E-state index in [9.17, 15) is 0 Å². The largest absolute Gasteiger partial charge is 0.399 e. The van der Waals surface area contributed by atoms with E-state index in [4.69, 9.17) is 10.5 Å². The Morgan fingerprint density at radius 1 is 1.20 bits per heavy atom. The number of benzene rings is 1. The quantitative estimate of drug-likeness (QED) is 0.603. The zero-order valence-corrected chi connectivity index (χ0v) is 16.2. The number of morpholine rings is 1. The van der Waals surface area contributed by atoms with Crippen LogP contribution in [0.25, 0.3) is 0 Å². The molecule has 1 saturated heterocycles. The van der Waals surface area contributed by atoms with Crippen LogP contribution < -0.4 is 10.6 Å². The number of hydrogen-bond donors (Lipinski definition) is 1. The van der Waals surface area contributed by atoms with E-state index in [2.05, 4.69) is 42.8 Å². The first-order valence-electron chi connectivity index (χ1n) is 9.84. The van der Waals surface area contributed by atoms with Crippen molar-refractivity contribution >= 4 is 11.4 Å². The van der Waals surface area contributed by atoms with Crippen LogP contribution in [0.15, 0.2) is 18.2 Å². The Morgan fingerprint density at radius 2 is 2.00 bits per heavy atom. The predicted octanol–water partition coefficient (Wildman–Crippen LogP) is 1.82. The highest BCUT2D eigenvalue weighted by atomic mass is 16.5. The summed E-state index contributed by atoms with van der Waals surface area (Å²) in [4.78, 5) is 5.07. The van der Waals surface area contributed by atoms with Crippen LogP contribution in [-0.4, -0.2) is 81.5 Å². The Morgan fingerprint density at radius 3 is 2.76 bits per heavy atom. The van der Waals surface area contributed by atoms with E-state index >= 15 is 0 Å². The summed E-state index contributed by atoms with van der Waals surface area (Å²) in [5, 5.41) is 0. The lowest BCUT2D eigenvalue weighted by atomic mass is 10.1. The molecule has 0 radical (unpaired) electrons. The van der Waals surface area contributed by atoms with Crippen LogP contribution in [0, 0.1) is 0 Å². The van der Waals surface area contributed by atoms with Crippen LogP contribution in [0.5, 0.6) is 0 Å². The highest BCUT2D eigenvalue weighted by molar-refractivity contribution is 5.64. The van der Waals surface area contributed by atoms with Crippen LogP contribution in [0.4, 0.5) is 11.4 Å². The monoisotopic (exact) mass is 347 g/mol. The number of nitrogen functional groups attached to an aromatic ring is 1. The predicted molar refractivity (Wildman–Crippen MR) is 105 cm³/mol. The summed E-state index contributed by atoms with van der Waals surface area (Å²) < 4.78 is 7.16. The van der Waals surface area contributed by atoms with Crippen molar-refractivity contribution in [3.05, 3.63) is 23.8 Å². The number of ether oxygens (including phenoxy) is 1. The smallest absolute Gasteiger partial charge is 0.119 e. The first kappa shape index (κ1) is 18.5. The van der Waals surface area contributed by atoms with Gasteiger partial charge < -0.3 is 19.9 Å². The molecule has 1 aromatic carbocycles. The maximum absolute atomic E-state index is 6.06. The van der Waals surface area contributed by atoms with Gasteiger partial charge in [0.2, 0.25) is 0 Å². The van der Waals surface area contributed by atoms with Gasteiger partial charge in [0.05, 0.1) is 26.7 Å². The van der Waals surface area contributed by atoms with Gasteiger partial charge in [-0.15, -0.1) is 0 Å². The summed E-state index contributed by atoms with van der Waals surface area (Å²) in [6.45, 7) is 14.3. The van der Waals surface area contributed by atoms with Gasteiger partial charge in [0.25, 0.3) is 0 Å². The highest BCUT2D eigenvalue weighted by Gasteiger charge is 2.29. The number of likely N-dealkylation sites (N-methyl/N-ethyl adjacent to an activating group) is 1. The van der Waals surface area contributed by atoms with Gasteiger partial charge in [-0.25, -0.2) is 0 Å². The molecule has 1 aromatic rings. The maximum Gasteiger partial charge on any atom is 0.119 e. The van der Waals surface area contributed by atoms with Gasteiger partial charge in [0, 0.05) is 44.1 Å². The second-order valence-electron chi connectivity index (χ2n) is 7.85. The van der Waals surface area contributed by atoms with E-state index in [0.717, 1.165) is 62.5 Å². The molecule has 0 amide bonds. The fraction of sp³-hybridized carbons (Fsp3) is 0.700. The van der Waals surface area contributed by atoms with E-state index in [1.807, 2.05) is 6.07 Å². The molecule has 0 aromatic heterocycles. The number of hydrogen-bond acceptors (Lipinski definition) is 4. The third-order valence-electron chi connectivity index (χ3n) is 6.18. The molecule has 1 fully saturated rings. The molecule has 5 nitrogen and oxygen atoms in total. The van der Waals surface area contributed by atoms with E-state index in [1.54, 1.807) is 0 Å². The summed E-state index contributed by atoms with van der Waals surface area (Å²) in [6.07, 6.45) is 1.50. The fourth-order valence-electron chi connectivity index (χ4n) is 4.02. The Bertz CT molecular complexity index is 573. The number of nitrogens with two attached hydrogens (primary N) is 1. The third-order valence-corrected chi connectivity index (χ3v) is 6.18. The minimum atomic E-state index is 0.361. The zero-order chi connectivity index (χ0) is 17.9. The molecule has 140 valence electrons. The number of anilines is 2. The topological polar surface area (TPSA) is 41.7 Å². The van der Waals surface area contributed by atoms with Crippen LogP contribution in [0.2, 0.25) is 0 Å². The first-order chi connectivity index (χ1) is 12.0. The molecule has 1 unspecified atom stereocenters. The molecule has 2 N–H and O–H groups in total. The molecule has 3 rings (SSSR count). The molecule has 0 aliphatic carbocycles. The van der Waals surface area contributed by atoms with Crippen molar-refractivity contribution in [2.75, 3.05) is 76.6 Å². The number of nitrogens with zero attached hydrogens (tertiary/aromatic N) is 3. The molecule has 2 aliphatic rings. The van der Waals surface area contributed by atoms with Crippen molar-refractivity contribution in [1.29, 1.82) is 0 Å². The standard InChI is InChI=1S/C20H35N4O/c1-4-24(3,5-2)16-19-15-22(12-13-25-19)10-11-23-9-8-17-6-7-18(21)14-20(17)23/h6-7,14,19H,4-5,8-13,15-16,21H2,1-3H3/q+1. The molecule has 1 atom stereocenters. The van der Waals surface area contributed by atoms with Gasteiger partial charge in [0.1, 0.15) is 12.6 Å². The van der Waals surface area contributed by atoms with Gasteiger partial charge >= 0.3 is 0 Å². The molecule has 0 spiro atoms. The van der Waals surface area contributed by atoms with Crippen molar-refractivity contribution in [2.45, 2.75) is 26.4 Å². The number of fused-ring (bicyclic) bond motifs is 1. The van der Waals surface area contributed by atoms with E-state index < -0.39 is 0 Å². The van der Waals surface area contributed by atoms with Crippen molar-refractivity contribution in [3.8, 4) is 0 Å². The van der Waals surface area contributed by atoms with Crippen molar-refractivity contribution in [1.82, 2.24) is 4.90 Å². The zero-order valence-electron chi connectivity index (χ0n) is 16.2. The lowest BCUT2D eigenvalue weighted by molar-refractivity contribution is -0.909. The van der Waals surface area contributed by atoms with Gasteiger partial charge in [0.15, 0.2) is 0 Å². The number of quaternary nitrogens is 1. The summed E-state index contributed by atoms with van der Waals surface area (Å²) in [5.41, 5.74) is 9.63. The van der Waals surface area contributed by atoms with Crippen LogP contribution in [0.1, 0.15) is 19.4 Å². The Kier molecular flexibility index (Phi) is 5.87. The summed E-state index contributed by atoms with van der Waals surface area (Å²) in [5.74, 6) is 0. The fourth-order valence-corrected chi connectivity index (χ4v) is 4.02. The van der Waals surface area contributed by atoms with Crippen molar-refractivity contribution in [2.24, 2.45) is 0 Å². The molecular formula is C20H35N4O+. The SMILES string of the molecule is CC[N+](C)(CC)CC1CN(CCN2CCc3ccc(N)cc32)CCO1. The van der Waals surface area contributed by atoms with Gasteiger partial charge in [-0.3, -0.25) is 4.90 Å². The summed E-state index contributed by atoms with van der Waals surface area (Å²) in [6, 6.07) is 6.34. The average molecular weight is 348 g/mol. The van der Waals surface area contributed by atoms with Crippen molar-refractivity contribution in [3.63, 3.8) is 0 Å². The third kappa shape index (κ3) is 4.46. The molecule has 0 saturated carbocycles. The Hall–Kier alpha value is -1.30. The van der Waals surface area contributed by atoms with Crippen LogP contribution in [0.3, 0.4) is 0 Å². The maximum atomic E-state index is 6.06. The minimum absolute atomic E-state index is 0.361. The molecular weight excluding hydrogens is 312 g/mol. The highest BCUT2D eigenvalue weighted by Crippen LogP contribution is 2.29. The van der Waals surface area contributed by atoms with Crippen molar-refractivity contribution < 1.29 is 9.22 Å². The Balaban J connectivity index is 1.52. The average Bonchev–Trinajstić information content (AvgIpc) is 3.02. The van der Waals surface area contributed by atoms with E-state index in [-0.39, 0.29) is 0 Å². The summed E-state index contributed by atoms with van der Waals surface area (Å²) >= 11 is 0. The normalized spacial score (nSPS) is 21.6. The van der Waals surface area contributed by atoms with E-state index in [0.29, 0.717) is 6.10 Å². The lowest BCUT2D eigenvalue weighted by Gasteiger charge is -2.40. The first-order valence-corrected chi connectivity index (χ1v) is 9.84. The van der Waals surface area contributed by atoms with Crippen LogP contribution >= 0.6 is 0 Å². The molecule has 25 heavy (non-hydrogen) atoms. The van der Waals surface area contributed by atoms with Crippen LogP contribution in [-0.2, 0) is 11.2 Å². The van der Waals surface area contributed by atoms with E-state index in [1.165, 1.54) is 24.3 Å². The van der Waals surface area contributed by atoms with Gasteiger partial charge in [-0.2, -0.15) is 0 Å². The number of rotatable bonds is 7. The second-order valence-corrected chi connectivity index (χ2v) is 7.85. The molecule has 0 bridgehead atoms.